The quantitative estimate of drug-likeness (QED) is 0.190. The molecule has 0 saturated heterocycles. The number of rotatable bonds is 15. The second-order valence-corrected chi connectivity index (χ2v) is 9.16. The predicted molar refractivity (Wildman–Crippen MR) is 143 cm³/mol. The normalized spacial score (nSPS) is 18.4. The van der Waals surface area contributed by atoms with Crippen molar-refractivity contribution in [3.8, 4) is 12.3 Å². The van der Waals surface area contributed by atoms with Crippen LogP contribution in [0.15, 0.2) is 24.4 Å². The summed E-state index contributed by atoms with van der Waals surface area (Å²) in [6, 6.07) is 5.01. The van der Waals surface area contributed by atoms with Gasteiger partial charge in [0.1, 0.15) is 12.3 Å². The fraction of sp³-hybridized carbons (Fsp3) is 0.571. The van der Waals surface area contributed by atoms with Crippen molar-refractivity contribution in [3.05, 3.63) is 41.2 Å². The number of carbonyl (C=O) groups is 2. The first kappa shape index (κ1) is 30.2. The van der Waals surface area contributed by atoms with E-state index in [2.05, 4.69) is 30.1 Å². The number of ether oxygens (including phenoxy) is 5. The van der Waals surface area contributed by atoms with Crippen LogP contribution in [0.25, 0.3) is 0 Å². The fourth-order valence-corrected chi connectivity index (χ4v) is 4.88. The third-order valence-electron chi connectivity index (χ3n) is 6.62. The first-order chi connectivity index (χ1) is 18.9. The lowest BCUT2D eigenvalue weighted by atomic mass is 9.80. The molecular formula is C28H38N4O7. The Morgan fingerprint density at radius 1 is 1.05 bits per heavy atom. The number of esters is 1. The molecule has 0 N–H and O–H groups in total. The van der Waals surface area contributed by atoms with Gasteiger partial charge in [-0.05, 0) is 24.6 Å². The highest BCUT2D eigenvalue weighted by atomic mass is 16.6. The van der Waals surface area contributed by atoms with Gasteiger partial charge in [-0.2, -0.15) is 0 Å². The van der Waals surface area contributed by atoms with E-state index in [0.29, 0.717) is 50.9 Å². The van der Waals surface area contributed by atoms with E-state index >= 15 is 0 Å². The van der Waals surface area contributed by atoms with Gasteiger partial charge in [0.15, 0.2) is 0 Å². The van der Waals surface area contributed by atoms with Gasteiger partial charge >= 0.3 is 5.97 Å². The predicted octanol–water partition coefficient (Wildman–Crippen LogP) is 2.63. The Hall–Kier alpha value is -3.30. The topological polar surface area (TPSA) is 114 Å². The van der Waals surface area contributed by atoms with Gasteiger partial charge in [-0.3, -0.25) is 4.79 Å². The summed E-state index contributed by atoms with van der Waals surface area (Å²) in [5.74, 6) is 1.92. The maximum atomic E-state index is 12.6. The van der Waals surface area contributed by atoms with Crippen LogP contribution in [0, 0.1) is 18.3 Å². The first-order valence-corrected chi connectivity index (χ1v) is 13.1. The second-order valence-electron chi connectivity index (χ2n) is 9.16. The van der Waals surface area contributed by atoms with Crippen molar-refractivity contribution in [1.29, 1.82) is 0 Å². The number of fused-ring (bicyclic) bond motifs is 1. The zero-order valence-corrected chi connectivity index (χ0v) is 23.1. The maximum absolute atomic E-state index is 12.6. The van der Waals surface area contributed by atoms with Crippen LogP contribution in [-0.4, -0.2) is 86.3 Å². The van der Waals surface area contributed by atoms with E-state index in [1.165, 1.54) is 7.11 Å². The lowest BCUT2D eigenvalue weighted by Crippen LogP contribution is -2.49. The van der Waals surface area contributed by atoms with Crippen LogP contribution < -0.4 is 4.90 Å². The Bertz CT molecular complexity index is 1130. The Morgan fingerprint density at radius 2 is 1.72 bits per heavy atom. The zero-order chi connectivity index (χ0) is 28.2. The number of carbonyl (C=O) groups excluding carboxylic acids is 2. The van der Waals surface area contributed by atoms with Crippen molar-refractivity contribution < 1.29 is 33.3 Å². The number of benzene rings is 1. The number of aromatic nitrogens is 3. The summed E-state index contributed by atoms with van der Waals surface area (Å²) in [7, 11) is 1.35. The van der Waals surface area contributed by atoms with Crippen molar-refractivity contribution in [1.82, 2.24) is 15.0 Å². The van der Waals surface area contributed by atoms with Crippen molar-refractivity contribution >= 4 is 17.6 Å². The Labute approximate surface area is 229 Å². The molecule has 2 aromatic rings. The van der Waals surface area contributed by atoms with Crippen LogP contribution in [-0.2, 0) is 35.1 Å². The molecular weight excluding hydrogens is 504 g/mol. The van der Waals surface area contributed by atoms with E-state index < -0.39 is 5.97 Å². The van der Waals surface area contributed by atoms with E-state index in [0.717, 1.165) is 17.7 Å². The minimum atomic E-state index is -0.438. The summed E-state index contributed by atoms with van der Waals surface area (Å²) in [5.41, 5.74) is 2.67. The number of hydrogen-bond acceptors (Lipinski definition) is 9. The summed E-state index contributed by atoms with van der Waals surface area (Å²) in [5, 5.41) is 8.69. The maximum Gasteiger partial charge on any atom is 0.337 e. The van der Waals surface area contributed by atoms with Gasteiger partial charge in [-0.15, -0.1) is 11.5 Å². The average Bonchev–Trinajstić information content (AvgIpc) is 3.40. The van der Waals surface area contributed by atoms with Crippen molar-refractivity contribution in [2.75, 3.05) is 58.3 Å². The third-order valence-corrected chi connectivity index (χ3v) is 6.62. The number of hydrogen-bond donors (Lipinski definition) is 0. The average molecular weight is 543 g/mol. The highest BCUT2D eigenvalue weighted by molar-refractivity contribution is 5.96. The third kappa shape index (κ3) is 7.86. The number of amides is 1. The molecule has 0 aliphatic carbocycles. The van der Waals surface area contributed by atoms with Crippen molar-refractivity contribution in [2.45, 2.75) is 45.9 Å². The number of terminal acetylenes is 1. The standard InChI is InChI=1S/C28H38N4O7/c1-6-10-36-11-12-37-13-14-38-15-16-39-19-23-18-31(30-29-23)27-20(3)25(7-2)32(21(4)33)26-9-8-22(17-24(26)27)28(34)35-5/h1,8-9,17-18,20,25,27H,7,10-16,19H2,2-5H3/t20-,25-,27+/m0/s1. The highest BCUT2D eigenvalue weighted by Gasteiger charge is 2.41. The Balaban J connectivity index is 1.60. The minimum Gasteiger partial charge on any atom is -0.465 e. The molecule has 3 atom stereocenters. The smallest absolute Gasteiger partial charge is 0.337 e. The summed E-state index contributed by atoms with van der Waals surface area (Å²) < 4.78 is 28.5. The molecule has 212 valence electrons. The largest absolute Gasteiger partial charge is 0.465 e. The summed E-state index contributed by atoms with van der Waals surface area (Å²) >= 11 is 0. The molecule has 0 spiro atoms. The minimum absolute atomic E-state index is 0.00859. The van der Waals surface area contributed by atoms with E-state index in [-0.39, 0.29) is 37.1 Å². The van der Waals surface area contributed by atoms with Gasteiger partial charge in [0.2, 0.25) is 5.91 Å². The van der Waals surface area contributed by atoms with Crippen LogP contribution in [0.1, 0.15) is 54.8 Å². The van der Waals surface area contributed by atoms with Gasteiger partial charge in [-0.1, -0.05) is 25.0 Å². The van der Waals surface area contributed by atoms with Crippen LogP contribution in [0.4, 0.5) is 5.69 Å². The van der Waals surface area contributed by atoms with Crippen molar-refractivity contribution in [3.63, 3.8) is 0 Å². The van der Waals surface area contributed by atoms with Crippen LogP contribution in [0.5, 0.6) is 0 Å². The Morgan fingerprint density at radius 3 is 2.33 bits per heavy atom. The second kappa shape index (κ2) is 15.3. The molecule has 0 radical (unpaired) electrons. The fourth-order valence-electron chi connectivity index (χ4n) is 4.88. The molecule has 0 bridgehead atoms. The summed E-state index contributed by atoms with van der Waals surface area (Å²) in [4.78, 5) is 26.7. The number of anilines is 1. The van der Waals surface area contributed by atoms with E-state index in [4.69, 9.17) is 30.1 Å². The summed E-state index contributed by atoms with van der Waals surface area (Å²) in [6.45, 7) is 8.94. The van der Waals surface area contributed by atoms with Gasteiger partial charge in [0.25, 0.3) is 0 Å². The highest BCUT2D eigenvalue weighted by Crippen LogP contribution is 2.44. The van der Waals surface area contributed by atoms with E-state index in [9.17, 15) is 9.59 Å². The van der Waals surface area contributed by atoms with Crippen LogP contribution in [0.2, 0.25) is 0 Å². The molecule has 3 rings (SSSR count). The molecule has 2 heterocycles. The van der Waals surface area contributed by atoms with Gasteiger partial charge < -0.3 is 28.6 Å². The van der Waals surface area contributed by atoms with Crippen LogP contribution in [0.3, 0.4) is 0 Å². The van der Waals surface area contributed by atoms with Crippen molar-refractivity contribution in [2.24, 2.45) is 5.92 Å². The molecule has 1 amide bonds. The van der Waals surface area contributed by atoms with Gasteiger partial charge in [0, 0.05) is 30.1 Å². The lowest BCUT2D eigenvalue weighted by molar-refractivity contribution is -0.117. The molecule has 0 fully saturated rings. The molecule has 0 unspecified atom stereocenters. The molecule has 39 heavy (non-hydrogen) atoms. The van der Waals surface area contributed by atoms with E-state index in [1.54, 1.807) is 23.7 Å². The molecule has 1 aromatic carbocycles. The number of nitrogens with zero attached hydrogens (tertiary/aromatic N) is 4. The van der Waals surface area contributed by atoms with Gasteiger partial charge in [0.05, 0.1) is 71.2 Å². The first-order valence-electron chi connectivity index (χ1n) is 13.1. The molecule has 1 aliphatic heterocycles. The van der Waals surface area contributed by atoms with Crippen LogP contribution >= 0.6 is 0 Å². The van der Waals surface area contributed by atoms with Gasteiger partial charge in [-0.25, -0.2) is 9.48 Å². The SMILES string of the molecule is C#CCOCCOCCOCCOCc1cn([C@H]2c3cc(C(=O)OC)ccc3N(C(C)=O)[C@@H](CC)[C@@H]2C)nn1. The molecule has 1 aromatic heterocycles. The number of methoxy groups -OCH3 is 1. The molecule has 11 heteroatoms. The molecule has 11 nitrogen and oxygen atoms in total. The monoisotopic (exact) mass is 542 g/mol. The van der Waals surface area contributed by atoms with E-state index in [1.807, 2.05) is 17.2 Å². The summed E-state index contributed by atoms with van der Waals surface area (Å²) in [6.07, 6.45) is 7.72. The zero-order valence-electron chi connectivity index (χ0n) is 23.1. The lowest BCUT2D eigenvalue weighted by Gasteiger charge is -2.44. The Kier molecular flexibility index (Phi) is 11.9. The molecule has 1 aliphatic rings. The molecule has 0 saturated carbocycles.